The van der Waals surface area contributed by atoms with Gasteiger partial charge in [0.05, 0.1) is 0 Å². The van der Waals surface area contributed by atoms with Crippen LogP contribution in [0, 0.1) is 5.41 Å². The maximum atomic E-state index is 12.1. The molecule has 0 aromatic heterocycles. The van der Waals surface area contributed by atoms with Crippen LogP contribution in [0.4, 0.5) is 0 Å². The van der Waals surface area contributed by atoms with Crippen LogP contribution in [0.5, 0.6) is 0 Å². The Balaban J connectivity index is 1.79. The van der Waals surface area contributed by atoms with Gasteiger partial charge in [-0.05, 0) is 38.3 Å². The van der Waals surface area contributed by atoms with E-state index in [0.29, 0.717) is 26.2 Å². The lowest BCUT2D eigenvalue weighted by molar-refractivity contribution is -0.156. The van der Waals surface area contributed by atoms with Crippen molar-refractivity contribution in [3.63, 3.8) is 0 Å². The Morgan fingerprint density at radius 3 is 2.41 bits per heavy atom. The molecule has 22 heavy (non-hydrogen) atoms. The zero-order chi connectivity index (χ0) is 16.2. The number of carbonyl (C=O) groups excluding carboxylic acids is 3. The number of piperazine rings is 1. The Hall–Kier alpha value is -1.63. The van der Waals surface area contributed by atoms with Crippen LogP contribution in [-0.4, -0.2) is 73.3 Å². The average molecular weight is 310 g/mol. The zero-order valence-electron chi connectivity index (χ0n) is 13.5. The molecule has 2 heterocycles. The minimum Gasteiger partial charge on any atom is -0.354 e. The molecular weight excluding hydrogens is 284 g/mol. The summed E-state index contributed by atoms with van der Waals surface area (Å²) in [7, 11) is 0. The second-order valence-corrected chi connectivity index (χ2v) is 6.45. The van der Waals surface area contributed by atoms with Gasteiger partial charge in [0.2, 0.25) is 5.91 Å². The number of hydrogen-bond donors (Lipinski definition) is 2. The third kappa shape index (κ3) is 3.97. The van der Waals surface area contributed by atoms with Crippen LogP contribution in [0.15, 0.2) is 0 Å². The van der Waals surface area contributed by atoms with E-state index in [1.807, 2.05) is 6.92 Å². The molecule has 7 nitrogen and oxygen atoms in total. The van der Waals surface area contributed by atoms with Gasteiger partial charge >= 0.3 is 11.8 Å². The van der Waals surface area contributed by atoms with Crippen molar-refractivity contribution in [1.29, 1.82) is 0 Å². The summed E-state index contributed by atoms with van der Waals surface area (Å²) in [5.74, 6) is -1.27. The smallest absolute Gasteiger partial charge is 0.312 e. The highest BCUT2D eigenvalue weighted by Crippen LogP contribution is 2.26. The molecule has 2 aliphatic heterocycles. The molecule has 2 aliphatic rings. The van der Waals surface area contributed by atoms with Gasteiger partial charge in [0, 0.05) is 26.2 Å². The summed E-state index contributed by atoms with van der Waals surface area (Å²) in [6.45, 7) is 7.98. The fourth-order valence-electron chi connectivity index (χ4n) is 2.92. The molecule has 0 atom stereocenters. The summed E-state index contributed by atoms with van der Waals surface area (Å²) >= 11 is 0. The molecule has 0 bridgehead atoms. The number of carbonyl (C=O) groups is 3. The number of hydrogen-bond acceptors (Lipinski definition) is 4. The molecule has 3 amide bonds. The minimum atomic E-state index is -0.573. The van der Waals surface area contributed by atoms with E-state index in [4.69, 9.17) is 0 Å². The van der Waals surface area contributed by atoms with E-state index in [1.54, 1.807) is 0 Å². The number of nitrogens with zero attached hydrogens (tertiary/aromatic N) is 2. The molecule has 2 saturated heterocycles. The van der Waals surface area contributed by atoms with Gasteiger partial charge in [0.1, 0.15) is 6.54 Å². The number of nitrogens with one attached hydrogen (secondary N) is 2. The van der Waals surface area contributed by atoms with Gasteiger partial charge in [-0.3, -0.25) is 14.4 Å². The van der Waals surface area contributed by atoms with Crippen molar-refractivity contribution >= 4 is 17.7 Å². The monoisotopic (exact) mass is 310 g/mol. The van der Waals surface area contributed by atoms with Crippen LogP contribution in [0.1, 0.15) is 26.7 Å². The van der Waals surface area contributed by atoms with Crippen molar-refractivity contribution in [3.05, 3.63) is 0 Å². The maximum absolute atomic E-state index is 12.1. The Kier molecular flexibility index (Phi) is 5.39. The normalized spacial score (nSPS) is 21.9. The second kappa shape index (κ2) is 7.09. The van der Waals surface area contributed by atoms with E-state index in [9.17, 15) is 14.4 Å². The quantitative estimate of drug-likeness (QED) is 0.650. The fraction of sp³-hybridized carbons (Fsp3) is 0.800. The van der Waals surface area contributed by atoms with Crippen LogP contribution in [0.25, 0.3) is 0 Å². The molecule has 0 aromatic rings. The van der Waals surface area contributed by atoms with E-state index in [2.05, 4.69) is 17.6 Å². The first kappa shape index (κ1) is 16.7. The summed E-state index contributed by atoms with van der Waals surface area (Å²) in [6, 6.07) is 0. The summed E-state index contributed by atoms with van der Waals surface area (Å²) in [5, 5.41) is 6.22. The zero-order valence-corrected chi connectivity index (χ0v) is 13.5. The summed E-state index contributed by atoms with van der Waals surface area (Å²) in [5.41, 5.74) is 0.113. The molecular formula is C15H26N4O3. The second-order valence-electron chi connectivity index (χ2n) is 6.45. The summed E-state index contributed by atoms with van der Waals surface area (Å²) < 4.78 is 0. The first-order chi connectivity index (χ1) is 10.4. The third-order valence-electron chi connectivity index (χ3n) is 4.64. The van der Waals surface area contributed by atoms with Gasteiger partial charge in [0.25, 0.3) is 0 Å². The summed E-state index contributed by atoms with van der Waals surface area (Å²) in [6.07, 6.45) is 2.06. The highest BCUT2D eigenvalue weighted by Gasteiger charge is 2.33. The van der Waals surface area contributed by atoms with E-state index >= 15 is 0 Å². The van der Waals surface area contributed by atoms with Crippen molar-refractivity contribution < 1.29 is 14.4 Å². The molecule has 0 aliphatic carbocycles. The van der Waals surface area contributed by atoms with Crippen molar-refractivity contribution in [2.24, 2.45) is 5.41 Å². The molecule has 124 valence electrons. The molecule has 0 radical (unpaired) electrons. The molecule has 0 saturated carbocycles. The lowest BCUT2D eigenvalue weighted by Gasteiger charge is -2.35. The number of amides is 3. The Morgan fingerprint density at radius 2 is 1.77 bits per heavy atom. The predicted octanol–water partition coefficient (Wildman–Crippen LogP) is -0.817. The molecule has 2 fully saturated rings. The van der Waals surface area contributed by atoms with Crippen LogP contribution in [0.3, 0.4) is 0 Å². The molecule has 0 spiro atoms. The van der Waals surface area contributed by atoms with E-state index in [1.165, 1.54) is 9.80 Å². The largest absolute Gasteiger partial charge is 0.354 e. The van der Waals surface area contributed by atoms with E-state index < -0.39 is 11.8 Å². The topological polar surface area (TPSA) is 81.8 Å². The number of piperidine rings is 1. The van der Waals surface area contributed by atoms with E-state index in [0.717, 1.165) is 25.9 Å². The van der Waals surface area contributed by atoms with Crippen molar-refractivity contribution in [1.82, 2.24) is 20.4 Å². The lowest BCUT2D eigenvalue weighted by Crippen LogP contribution is -2.56. The standard InChI is InChI=1S/C15H26N4O3/c1-3-18-8-9-19(14(22)13(18)21)10-12(20)17-11-15(2)4-6-16-7-5-15/h16H,3-11H2,1-2H3,(H,17,20). The first-order valence-electron chi connectivity index (χ1n) is 8.01. The Labute approximate surface area is 131 Å². The highest BCUT2D eigenvalue weighted by atomic mass is 16.2. The van der Waals surface area contributed by atoms with E-state index in [-0.39, 0.29) is 17.9 Å². The molecule has 2 rings (SSSR count). The summed E-state index contributed by atoms with van der Waals surface area (Å²) in [4.78, 5) is 38.6. The maximum Gasteiger partial charge on any atom is 0.312 e. The van der Waals surface area contributed by atoms with Gasteiger partial charge < -0.3 is 20.4 Å². The number of likely N-dealkylation sites (N-methyl/N-ethyl adjacent to an activating group) is 1. The highest BCUT2D eigenvalue weighted by molar-refractivity contribution is 6.35. The van der Waals surface area contributed by atoms with Gasteiger partial charge in [-0.15, -0.1) is 0 Å². The van der Waals surface area contributed by atoms with Crippen molar-refractivity contribution in [2.45, 2.75) is 26.7 Å². The van der Waals surface area contributed by atoms with Gasteiger partial charge in [0.15, 0.2) is 0 Å². The van der Waals surface area contributed by atoms with Crippen LogP contribution >= 0.6 is 0 Å². The molecule has 0 aromatic carbocycles. The SMILES string of the molecule is CCN1CCN(CC(=O)NCC2(C)CCNCC2)C(=O)C1=O. The van der Waals surface area contributed by atoms with Crippen molar-refractivity contribution in [2.75, 3.05) is 45.8 Å². The minimum absolute atomic E-state index is 0.0313. The molecule has 7 heteroatoms. The Bertz CT molecular complexity index is 446. The lowest BCUT2D eigenvalue weighted by atomic mass is 9.81. The number of rotatable bonds is 5. The Morgan fingerprint density at radius 1 is 1.18 bits per heavy atom. The fourth-order valence-corrected chi connectivity index (χ4v) is 2.92. The predicted molar refractivity (Wildman–Crippen MR) is 82.1 cm³/mol. The van der Waals surface area contributed by atoms with Gasteiger partial charge in [-0.1, -0.05) is 6.92 Å². The first-order valence-corrected chi connectivity index (χ1v) is 8.01. The molecule has 0 unspecified atom stereocenters. The molecule has 2 N–H and O–H groups in total. The average Bonchev–Trinajstić information content (AvgIpc) is 2.51. The van der Waals surface area contributed by atoms with Crippen LogP contribution in [-0.2, 0) is 14.4 Å². The van der Waals surface area contributed by atoms with Crippen molar-refractivity contribution in [3.8, 4) is 0 Å². The van der Waals surface area contributed by atoms with Crippen LogP contribution < -0.4 is 10.6 Å². The third-order valence-corrected chi connectivity index (χ3v) is 4.64. The van der Waals surface area contributed by atoms with Gasteiger partial charge in [-0.25, -0.2) is 0 Å². The van der Waals surface area contributed by atoms with Gasteiger partial charge in [-0.2, -0.15) is 0 Å². The van der Waals surface area contributed by atoms with Crippen LogP contribution in [0.2, 0.25) is 0 Å².